The highest BCUT2D eigenvalue weighted by molar-refractivity contribution is 4.67. The molecule has 0 bridgehead atoms. The van der Waals surface area contributed by atoms with Crippen molar-refractivity contribution in [1.29, 1.82) is 0 Å². The first kappa shape index (κ1) is 17.9. The molecule has 0 aromatic heterocycles. The minimum absolute atomic E-state index is 0.362. The Morgan fingerprint density at radius 1 is 1.00 bits per heavy atom. The standard InChI is InChI=1S/C15H33NO2/c1-6-7-8-18-12-15(17)11-16(9-13(2)3)10-14(4)5/h13-15,17H,6-12H2,1-5H3. The van der Waals surface area contributed by atoms with Crippen molar-refractivity contribution in [1.82, 2.24) is 4.90 Å². The fraction of sp³-hybridized carbons (Fsp3) is 1.00. The maximum atomic E-state index is 9.98. The normalized spacial score (nSPS) is 13.8. The van der Waals surface area contributed by atoms with Gasteiger partial charge in [-0.05, 0) is 18.3 Å². The lowest BCUT2D eigenvalue weighted by Gasteiger charge is -2.28. The van der Waals surface area contributed by atoms with Crippen molar-refractivity contribution in [2.45, 2.75) is 53.6 Å². The van der Waals surface area contributed by atoms with Crippen LogP contribution in [0.4, 0.5) is 0 Å². The minimum Gasteiger partial charge on any atom is -0.389 e. The molecule has 0 aromatic rings. The molecule has 0 heterocycles. The van der Waals surface area contributed by atoms with E-state index in [9.17, 15) is 5.11 Å². The third-order valence-corrected chi connectivity index (χ3v) is 2.67. The zero-order chi connectivity index (χ0) is 14.0. The van der Waals surface area contributed by atoms with Crippen molar-refractivity contribution in [3.8, 4) is 0 Å². The van der Waals surface area contributed by atoms with E-state index in [1.807, 2.05) is 0 Å². The number of unbranched alkanes of at least 4 members (excludes halogenated alkanes) is 1. The smallest absolute Gasteiger partial charge is 0.0900 e. The zero-order valence-corrected chi connectivity index (χ0v) is 13.0. The molecule has 3 heteroatoms. The van der Waals surface area contributed by atoms with Crippen LogP contribution in [0.3, 0.4) is 0 Å². The fourth-order valence-electron chi connectivity index (χ4n) is 2.07. The van der Waals surface area contributed by atoms with Gasteiger partial charge in [0.05, 0.1) is 12.7 Å². The second-order valence-electron chi connectivity index (χ2n) is 6.09. The van der Waals surface area contributed by atoms with Gasteiger partial charge in [-0.2, -0.15) is 0 Å². The fourth-order valence-corrected chi connectivity index (χ4v) is 2.07. The van der Waals surface area contributed by atoms with Gasteiger partial charge in [-0.3, -0.25) is 0 Å². The number of nitrogens with zero attached hydrogens (tertiary/aromatic N) is 1. The summed E-state index contributed by atoms with van der Waals surface area (Å²) in [6.07, 6.45) is 1.86. The largest absolute Gasteiger partial charge is 0.389 e. The Labute approximate surface area is 114 Å². The van der Waals surface area contributed by atoms with Gasteiger partial charge in [0.2, 0.25) is 0 Å². The summed E-state index contributed by atoms with van der Waals surface area (Å²) in [7, 11) is 0. The van der Waals surface area contributed by atoms with E-state index >= 15 is 0 Å². The van der Waals surface area contributed by atoms with Crippen molar-refractivity contribution < 1.29 is 9.84 Å². The molecule has 0 saturated heterocycles. The summed E-state index contributed by atoms with van der Waals surface area (Å²) in [5.74, 6) is 1.27. The van der Waals surface area contributed by atoms with Gasteiger partial charge in [-0.25, -0.2) is 0 Å². The maximum absolute atomic E-state index is 9.98. The molecule has 110 valence electrons. The first-order valence-corrected chi connectivity index (χ1v) is 7.43. The second kappa shape index (κ2) is 10.8. The summed E-state index contributed by atoms with van der Waals surface area (Å²) in [6.45, 7) is 15.1. The maximum Gasteiger partial charge on any atom is 0.0900 e. The van der Waals surface area contributed by atoms with Gasteiger partial charge >= 0.3 is 0 Å². The van der Waals surface area contributed by atoms with Crippen molar-refractivity contribution in [3.05, 3.63) is 0 Å². The minimum atomic E-state index is -0.362. The van der Waals surface area contributed by atoms with Gasteiger partial charge in [-0.15, -0.1) is 0 Å². The number of aliphatic hydroxyl groups excluding tert-OH is 1. The van der Waals surface area contributed by atoms with E-state index < -0.39 is 0 Å². The first-order chi connectivity index (χ1) is 8.45. The Balaban J connectivity index is 3.89. The van der Waals surface area contributed by atoms with Crippen LogP contribution in [0, 0.1) is 11.8 Å². The quantitative estimate of drug-likeness (QED) is 0.579. The molecule has 0 aliphatic rings. The highest BCUT2D eigenvalue weighted by Gasteiger charge is 2.14. The van der Waals surface area contributed by atoms with Crippen molar-refractivity contribution in [2.75, 3.05) is 32.8 Å². The molecule has 1 N–H and O–H groups in total. The van der Waals surface area contributed by atoms with E-state index in [1.165, 1.54) is 0 Å². The molecule has 1 atom stereocenters. The van der Waals surface area contributed by atoms with E-state index in [1.54, 1.807) is 0 Å². The number of hydrogen-bond donors (Lipinski definition) is 1. The molecule has 0 rings (SSSR count). The number of ether oxygens (including phenoxy) is 1. The van der Waals surface area contributed by atoms with Crippen LogP contribution < -0.4 is 0 Å². The number of aliphatic hydroxyl groups is 1. The summed E-state index contributed by atoms with van der Waals surface area (Å²) in [5.41, 5.74) is 0. The summed E-state index contributed by atoms with van der Waals surface area (Å²) in [6, 6.07) is 0. The molecule has 18 heavy (non-hydrogen) atoms. The summed E-state index contributed by atoms with van der Waals surface area (Å²) >= 11 is 0. The second-order valence-corrected chi connectivity index (χ2v) is 6.09. The van der Waals surface area contributed by atoms with Gasteiger partial charge < -0.3 is 14.7 Å². The third-order valence-electron chi connectivity index (χ3n) is 2.67. The molecule has 0 fully saturated rings. The van der Waals surface area contributed by atoms with Crippen LogP contribution in [-0.4, -0.2) is 49.0 Å². The number of hydrogen-bond acceptors (Lipinski definition) is 3. The van der Waals surface area contributed by atoms with E-state index in [2.05, 4.69) is 39.5 Å². The van der Waals surface area contributed by atoms with Crippen LogP contribution in [0.25, 0.3) is 0 Å². The van der Waals surface area contributed by atoms with Gasteiger partial charge in [0, 0.05) is 26.2 Å². The van der Waals surface area contributed by atoms with E-state index in [0.717, 1.165) is 39.1 Å². The molecule has 0 amide bonds. The number of rotatable bonds is 11. The monoisotopic (exact) mass is 259 g/mol. The molecular formula is C15H33NO2. The first-order valence-electron chi connectivity index (χ1n) is 7.43. The Hall–Kier alpha value is -0.120. The third kappa shape index (κ3) is 11.0. The molecule has 0 saturated carbocycles. The molecule has 0 aliphatic heterocycles. The van der Waals surface area contributed by atoms with E-state index in [0.29, 0.717) is 18.4 Å². The van der Waals surface area contributed by atoms with Crippen molar-refractivity contribution >= 4 is 0 Å². The van der Waals surface area contributed by atoms with E-state index in [4.69, 9.17) is 4.74 Å². The highest BCUT2D eigenvalue weighted by atomic mass is 16.5. The van der Waals surface area contributed by atoms with Crippen LogP contribution >= 0.6 is 0 Å². The predicted molar refractivity (Wildman–Crippen MR) is 77.8 cm³/mol. The van der Waals surface area contributed by atoms with Crippen LogP contribution in [0.15, 0.2) is 0 Å². The molecule has 0 spiro atoms. The van der Waals surface area contributed by atoms with Gasteiger partial charge in [0.1, 0.15) is 0 Å². The predicted octanol–water partition coefficient (Wildman–Crippen LogP) is 2.78. The lowest BCUT2D eigenvalue weighted by atomic mass is 10.1. The molecule has 1 unspecified atom stereocenters. The average molecular weight is 259 g/mol. The highest BCUT2D eigenvalue weighted by Crippen LogP contribution is 2.05. The molecule has 3 nitrogen and oxygen atoms in total. The van der Waals surface area contributed by atoms with E-state index in [-0.39, 0.29) is 6.10 Å². The van der Waals surface area contributed by atoms with Crippen LogP contribution in [0.1, 0.15) is 47.5 Å². The van der Waals surface area contributed by atoms with Crippen molar-refractivity contribution in [3.63, 3.8) is 0 Å². The average Bonchev–Trinajstić information content (AvgIpc) is 2.22. The summed E-state index contributed by atoms with van der Waals surface area (Å²) in [5, 5.41) is 9.98. The van der Waals surface area contributed by atoms with Crippen molar-refractivity contribution in [2.24, 2.45) is 11.8 Å². The van der Waals surface area contributed by atoms with Crippen LogP contribution in [0.2, 0.25) is 0 Å². The topological polar surface area (TPSA) is 32.7 Å². The molecule has 0 aliphatic carbocycles. The Morgan fingerprint density at radius 2 is 1.56 bits per heavy atom. The van der Waals surface area contributed by atoms with Crippen LogP contribution in [0.5, 0.6) is 0 Å². The van der Waals surface area contributed by atoms with Gasteiger partial charge in [0.25, 0.3) is 0 Å². The molecular weight excluding hydrogens is 226 g/mol. The summed E-state index contributed by atoms with van der Waals surface area (Å²) in [4.78, 5) is 2.35. The Morgan fingerprint density at radius 3 is 2.00 bits per heavy atom. The molecule has 0 radical (unpaired) electrons. The molecule has 0 aromatic carbocycles. The zero-order valence-electron chi connectivity index (χ0n) is 13.0. The Kier molecular flexibility index (Phi) is 10.7. The lowest BCUT2D eigenvalue weighted by molar-refractivity contribution is 0.0121. The van der Waals surface area contributed by atoms with Crippen LogP contribution in [-0.2, 0) is 4.74 Å². The summed E-state index contributed by atoms with van der Waals surface area (Å²) < 4.78 is 5.47. The van der Waals surface area contributed by atoms with Gasteiger partial charge in [0.15, 0.2) is 0 Å². The Bertz CT molecular complexity index is 173. The lowest BCUT2D eigenvalue weighted by Crippen LogP contribution is -2.39. The SMILES string of the molecule is CCCCOCC(O)CN(CC(C)C)CC(C)C. The van der Waals surface area contributed by atoms with Gasteiger partial charge in [-0.1, -0.05) is 41.0 Å².